The monoisotopic (exact) mass is 426 g/mol. The highest BCUT2D eigenvalue weighted by molar-refractivity contribution is 6.10. The van der Waals surface area contributed by atoms with Crippen LogP contribution in [0.4, 0.5) is 5.69 Å². The third-order valence-electron chi connectivity index (χ3n) is 5.17. The number of rotatable bonds is 6. The molecule has 0 unspecified atom stereocenters. The van der Waals surface area contributed by atoms with Crippen molar-refractivity contribution in [3.8, 4) is 5.75 Å². The molecule has 6 heteroatoms. The van der Waals surface area contributed by atoms with Crippen LogP contribution in [0.1, 0.15) is 21.5 Å². The van der Waals surface area contributed by atoms with E-state index in [1.54, 1.807) is 13.2 Å². The second-order valence-corrected chi connectivity index (χ2v) is 7.52. The number of H-pyrrole nitrogens is 1. The maximum atomic E-state index is 12.8. The second kappa shape index (κ2) is 9.83. The topological polar surface area (TPSA) is 78.5 Å². The Bertz CT molecular complexity index is 1260. The standard InChI is InChI=1S/C26H26N4O2/c1-18-7-5-8-19(15-18)25(31)30-26(29-21-9-6-10-22(16-21)32-2)27-14-13-20-17-28-24-12-4-3-11-23(20)24/h3-12,15-17,28H,13-14H2,1-2H3,(H2,27,29,30,31). The number of para-hydroxylation sites is 1. The van der Waals surface area contributed by atoms with Gasteiger partial charge in [-0.1, -0.05) is 42.0 Å². The molecule has 1 aromatic heterocycles. The van der Waals surface area contributed by atoms with Crippen LogP contribution in [0.2, 0.25) is 0 Å². The number of anilines is 1. The average Bonchev–Trinajstić information content (AvgIpc) is 3.22. The molecule has 0 aliphatic rings. The number of hydrogen-bond donors (Lipinski definition) is 3. The summed E-state index contributed by atoms with van der Waals surface area (Å²) in [5.74, 6) is 0.901. The third-order valence-corrected chi connectivity index (χ3v) is 5.17. The predicted molar refractivity (Wildman–Crippen MR) is 130 cm³/mol. The number of ether oxygens (including phenoxy) is 1. The van der Waals surface area contributed by atoms with Crippen molar-refractivity contribution in [3.63, 3.8) is 0 Å². The maximum Gasteiger partial charge on any atom is 0.257 e. The van der Waals surface area contributed by atoms with Gasteiger partial charge in [0.2, 0.25) is 5.96 Å². The van der Waals surface area contributed by atoms with Crippen molar-refractivity contribution in [3.05, 3.63) is 95.7 Å². The maximum absolute atomic E-state index is 12.8. The van der Waals surface area contributed by atoms with E-state index < -0.39 is 0 Å². The van der Waals surface area contributed by atoms with Gasteiger partial charge in [0.25, 0.3) is 5.91 Å². The molecule has 3 aromatic carbocycles. The van der Waals surface area contributed by atoms with Crippen LogP contribution in [0.3, 0.4) is 0 Å². The molecule has 0 aliphatic heterocycles. The molecule has 3 N–H and O–H groups in total. The fraction of sp³-hybridized carbons (Fsp3) is 0.154. The highest BCUT2D eigenvalue weighted by atomic mass is 16.5. The summed E-state index contributed by atoms with van der Waals surface area (Å²) in [5, 5.41) is 7.32. The average molecular weight is 427 g/mol. The Morgan fingerprint density at radius 3 is 2.72 bits per heavy atom. The first-order chi connectivity index (χ1) is 15.6. The molecule has 162 valence electrons. The summed E-state index contributed by atoms with van der Waals surface area (Å²) in [6.07, 6.45) is 2.76. The third kappa shape index (κ3) is 5.16. The summed E-state index contributed by atoms with van der Waals surface area (Å²) in [7, 11) is 1.62. The number of hydrogen-bond acceptors (Lipinski definition) is 3. The Labute approximate surface area is 187 Å². The summed E-state index contributed by atoms with van der Waals surface area (Å²) >= 11 is 0. The number of guanidine groups is 1. The molecule has 6 nitrogen and oxygen atoms in total. The van der Waals surface area contributed by atoms with Gasteiger partial charge in [-0.15, -0.1) is 0 Å². The Balaban J connectivity index is 1.53. The van der Waals surface area contributed by atoms with Crippen LogP contribution in [-0.2, 0) is 6.42 Å². The van der Waals surface area contributed by atoms with E-state index in [9.17, 15) is 4.79 Å². The van der Waals surface area contributed by atoms with Gasteiger partial charge < -0.3 is 15.0 Å². The van der Waals surface area contributed by atoms with Crippen molar-refractivity contribution in [1.29, 1.82) is 0 Å². The van der Waals surface area contributed by atoms with E-state index in [1.165, 1.54) is 10.9 Å². The number of benzene rings is 3. The zero-order chi connectivity index (χ0) is 22.3. The Morgan fingerprint density at radius 2 is 1.88 bits per heavy atom. The van der Waals surface area contributed by atoms with Gasteiger partial charge in [0.05, 0.1) is 7.11 Å². The van der Waals surface area contributed by atoms with E-state index in [-0.39, 0.29) is 5.91 Å². The summed E-state index contributed by atoms with van der Waals surface area (Å²) in [4.78, 5) is 20.8. The number of methoxy groups -OCH3 is 1. The van der Waals surface area contributed by atoms with Gasteiger partial charge in [-0.05, 0) is 49.2 Å². The van der Waals surface area contributed by atoms with Crippen LogP contribution in [-0.4, -0.2) is 30.5 Å². The number of aryl methyl sites for hydroxylation is 1. The van der Waals surface area contributed by atoms with Crippen LogP contribution in [0, 0.1) is 6.92 Å². The van der Waals surface area contributed by atoms with Crippen molar-refractivity contribution in [1.82, 2.24) is 10.3 Å². The highest BCUT2D eigenvalue weighted by Gasteiger charge is 2.10. The number of nitrogens with zero attached hydrogens (tertiary/aromatic N) is 1. The van der Waals surface area contributed by atoms with Crippen LogP contribution in [0.5, 0.6) is 5.75 Å². The summed E-state index contributed by atoms with van der Waals surface area (Å²) in [6, 6.07) is 23.2. The summed E-state index contributed by atoms with van der Waals surface area (Å²) in [6.45, 7) is 2.48. The van der Waals surface area contributed by atoms with Gasteiger partial charge in [-0.3, -0.25) is 15.1 Å². The smallest absolute Gasteiger partial charge is 0.257 e. The largest absolute Gasteiger partial charge is 0.497 e. The van der Waals surface area contributed by atoms with E-state index in [2.05, 4.69) is 32.7 Å². The number of aromatic amines is 1. The Kier molecular flexibility index (Phi) is 6.51. The van der Waals surface area contributed by atoms with E-state index >= 15 is 0 Å². The molecule has 1 amide bonds. The molecule has 32 heavy (non-hydrogen) atoms. The van der Waals surface area contributed by atoms with Gasteiger partial charge in [-0.2, -0.15) is 0 Å². The molecule has 0 saturated carbocycles. The fourth-order valence-electron chi connectivity index (χ4n) is 3.54. The fourth-order valence-corrected chi connectivity index (χ4v) is 3.54. The quantitative estimate of drug-likeness (QED) is 0.302. The number of nitrogens with one attached hydrogen (secondary N) is 3. The van der Waals surface area contributed by atoms with Crippen LogP contribution in [0.15, 0.2) is 84.0 Å². The lowest BCUT2D eigenvalue weighted by Crippen LogP contribution is -2.36. The minimum atomic E-state index is -0.213. The second-order valence-electron chi connectivity index (χ2n) is 7.52. The van der Waals surface area contributed by atoms with Crippen molar-refractivity contribution < 1.29 is 9.53 Å². The molecule has 4 aromatic rings. The zero-order valence-corrected chi connectivity index (χ0v) is 18.2. The van der Waals surface area contributed by atoms with Gasteiger partial charge in [0, 0.05) is 41.0 Å². The minimum absolute atomic E-state index is 0.213. The SMILES string of the molecule is COc1cccc(NC(=NCCc2c[nH]c3ccccc23)NC(=O)c2cccc(C)c2)c1. The molecule has 1 heterocycles. The lowest BCUT2D eigenvalue weighted by Gasteiger charge is -2.13. The first kappa shape index (κ1) is 21.2. The number of carbonyl (C=O) groups excluding carboxylic acids is 1. The van der Waals surface area contributed by atoms with E-state index in [0.717, 1.165) is 28.9 Å². The molecule has 0 spiro atoms. The molecule has 0 radical (unpaired) electrons. The first-order valence-corrected chi connectivity index (χ1v) is 10.5. The number of fused-ring (bicyclic) bond motifs is 1. The van der Waals surface area contributed by atoms with Crippen LogP contribution >= 0.6 is 0 Å². The zero-order valence-electron chi connectivity index (χ0n) is 18.2. The molecule has 0 aliphatic carbocycles. The Morgan fingerprint density at radius 1 is 1.03 bits per heavy atom. The van der Waals surface area contributed by atoms with Gasteiger partial charge in [0.15, 0.2) is 0 Å². The lowest BCUT2D eigenvalue weighted by molar-refractivity contribution is 0.0977. The molecule has 0 bridgehead atoms. The van der Waals surface area contributed by atoms with Gasteiger partial charge >= 0.3 is 0 Å². The van der Waals surface area contributed by atoms with Crippen molar-refractivity contribution in [2.45, 2.75) is 13.3 Å². The van der Waals surface area contributed by atoms with Gasteiger partial charge in [-0.25, -0.2) is 0 Å². The molecular formula is C26H26N4O2. The first-order valence-electron chi connectivity index (χ1n) is 10.5. The van der Waals surface area contributed by atoms with Crippen molar-refractivity contribution >= 4 is 28.5 Å². The molecular weight excluding hydrogens is 400 g/mol. The Hall–Kier alpha value is -4.06. The number of amides is 1. The van der Waals surface area contributed by atoms with E-state index in [0.29, 0.717) is 18.1 Å². The lowest BCUT2D eigenvalue weighted by atomic mass is 10.1. The molecule has 0 atom stereocenters. The van der Waals surface area contributed by atoms with E-state index in [1.807, 2.05) is 67.7 Å². The molecule has 0 fully saturated rings. The van der Waals surface area contributed by atoms with Crippen LogP contribution in [0.25, 0.3) is 10.9 Å². The number of aliphatic imine (C=N–C) groups is 1. The van der Waals surface area contributed by atoms with Crippen molar-refractivity contribution in [2.24, 2.45) is 4.99 Å². The minimum Gasteiger partial charge on any atom is -0.497 e. The van der Waals surface area contributed by atoms with E-state index in [4.69, 9.17) is 4.74 Å². The predicted octanol–water partition coefficient (Wildman–Crippen LogP) is 4.93. The highest BCUT2D eigenvalue weighted by Crippen LogP contribution is 2.19. The number of carbonyl (C=O) groups is 1. The number of aromatic nitrogens is 1. The molecule has 0 saturated heterocycles. The van der Waals surface area contributed by atoms with Crippen LogP contribution < -0.4 is 15.4 Å². The van der Waals surface area contributed by atoms with Gasteiger partial charge in [0.1, 0.15) is 5.75 Å². The summed E-state index contributed by atoms with van der Waals surface area (Å²) < 4.78 is 5.30. The summed E-state index contributed by atoms with van der Waals surface area (Å²) in [5.41, 5.74) is 4.68. The molecule has 4 rings (SSSR count). The normalized spacial score (nSPS) is 11.4. The van der Waals surface area contributed by atoms with Crippen molar-refractivity contribution in [2.75, 3.05) is 19.0 Å².